The van der Waals surface area contributed by atoms with Crippen molar-refractivity contribution in [3.63, 3.8) is 0 Å². The van der Waals surface area contributed by atoms with Crippen molar-refractivity contribution in [3.05, 3.63) is 35.9 Å². The van der Waals surface area contributed by atoms with E-state index in [1.54, 1.807) is 31.2 Å². The molecule has 0 aliphatic rings. The third kappa shape index (κ3) is 4.09. The molecule has 1 atom stereocenters. The van der Waals surface area contributed by atoms with Crippen LogP contribution in [0, 0.1) is 0 Å². The number of nitrogens with one attached hydrogen (secondary N) is 1. The number of carbonyl (C=O) groups is 2. The topological polar surface area (TPSA) is 66.4 Å². The Morgan fingerprint density at radius 2 is 1.89 bits per heavy atom. The summed E-state index contributed by atoms with van der Waals surface area (Å²) in [4.78, 5) is 23.1. The molecule has 0 aliphatic carbocycles. The number of amides is 1. The highest BCUT2D eigenvalue weighted by atomic mass is 16.4. The smallest absolute Gasteiger partial charge is 0.315 e. The van der Waals surface area contributed by atoms with Crippen LogP contribution in [0.4, 0.5) is 0 Å². The lowest BCUT2D eigenvalue weighted by Crippen LogP contribution is -2.44. The summed E-state index contributed by atoms with van der Waals surface area (Å²) in [5, 5.41) is 12.1. The highest BCUT2D eigenvalue weighted by Crippen LogP contribution is 2.23. The van der Waals surface area contributed by atoms with E-state index >= 15 is 0 Å². The zero-order valence-electron chi connectivity index (χ0n) is 11.5. The molecule has 1 amide bonds. The van der Waals surface area contributed by atoms with Gasteiger partial charge in [0.1, 0.15) is 5.41 Å². The minimum absolute atomic E-state index is 0.0924. The molecule has 0 radical (unpaired) electrons. The van der Waals surface area contributed by atoms with Gasteiger partial charge in [-0.25, -0.2) is 0 Å². The molecule has 19 heavy (non-hydrogen) atoms. The van der Waals surface area contributed by atoms with Gasteiger partial charge in [0, 0.05) is 13.0 Å². The van der Waals surface area contributed by atoms with E-state index in [0.29, 0.717) is 12.0 Å². The molecule has 4 heteroatoms. The van der Waals surface area contributed by atoms with Gasteiger partial charge in [-0.1, -0.05) is 43.7 Å². The van der Waals surface area contributed by atoms with Crippen LogP contribution in [0.3, 0.4) is 0 Å². The summed E-state index contributed by atoms with van der Waals surface area (Å²) >= 11 is 0. The van der Waals surface area contributed by atoms with Crippen LogP contribution in [-0.4, -0.2) is 23.5 Å². The minimum atomic E-state index is -1.09. The number of unbranched alkanes of at least 4 members (excludes halogenated alkanes) is 1. The van der Waals surface area contributed by atoms with E-state index in [0.717, 1.165) is 12.8 Å². The quantitative estimate of drug-likeness (QED) is 0.793. The molecule has 0 aliphatic heterocycles. The van der Waals surface area contributed by atoms with Crippen LogP contribution in [0.15, 0.2) is 30.3 Å². The van der Waals surface area contributed by atoms with E-state index in [-0.39, 0.29) is 12.5 Å². The predicted octanol–water partition coefficient (Wildman–Crippen LogP) is 2.34. The lowest BCUT2D eigenvalue weighted by molar-refractivity contribution is -0.143. The monoisotopic (exact) mass is 263 g/mol. The fourth-order valence-electron chi connectivity index (χ4n) is 1.81. The number of carboxylic acids is 1. The Kier molecular flexibility index (Phi) is 5.55. The van der Waals surface area contributed by atoms with Crippen LogP contribution in [0.25, 0.3) is 0 Å². The van der Waals surface area contributed by atoms with Crippen LogP contribution in [-0.2, 0) is 15.0 Å². The SMILES string of the molecule is CCCCC(=O)NCC(C)(C(=O)O)c1ccccc1. The van der Waals surface area contributed by atoms with Crippen molar-refractivity contribution in [3.8, 4) is 0 Å². The van der Waals surface area contributed by atoms with Crippen molar-refractivity contribution >= 4 is 11.9 Å². The van der Waals surface area contributed by atoms with Gasteiger partial charge in [0.2, 0.25) is 5.91 Å². The molecule has 0 aromatic heterocycles. The third-order valence-electron chi connectivity index (χ3n) is 3.28. The number of hydrogen-bond acceptors (Lipinski definition) is 2. The molecule has 4 nitrogen and oxygen atoms in total. The summed E-state index contributed by atoms with van der Waals surface area (Å²) < 4.78 is 0. The normalized spacial score (nSPS) is 13.6. The number of carbonyl (C=O) groups excluding carboxylic acids is 1. The number of benzene rings is 1. The summed E-state index contributed by atoms with van der Waals surface area (Å²) in [5.41, 5.74) is -0.401. The second-order valence-corrected chi connectivity index (χ2v) is 4.88. The first-order valence-corrected chi connectivity index (χ1v) is 6.56. The molecule has 1 rings (SSSR count). The molecular weight excluding hydrogens is 242 g/mol. The molecule has 1 aromatic carbocycles. The van der Waals surface area contributed by atoms with Gasteiger partial charge in [0.05, 0.1) is 0 Å². The highest BCUT2D eigenvalue weighted by Gasteiger charge is 2.35. The van der Waals surface area contributed by atoms with Gasteiger partial charge in [-0.15, -0.1) is 0 Å². The van der Waals surface area contributed by atoms with Gasteiger partial charge in [-0.2, -0.15) is 0 Å². The lowest BCUT2D eigenvalue weighted by Gasteiger charge is -2.25. The van der Waals surface area contributed by atoms with Gasteiger partial charge < -0.3 is 10.4 Å². The maximum atomic E-state index is 11.6. The molecular formula is C15H21NO3. The van der Waals surface area contributed by atoms with Crippen molar-refractivity contribution in [1.82, 2.24) is 5.32 Å². The number of hydrogen-bond donors (Lipinski definition) is 2. The second-order valence-electron chi connectivity index (χ2n) is 4.88. The molecule has 1 aromatic rings. The average molecular weight is 263 g/mol. The molecule has 0 spiro atoms. The first-order valence-electron chi connectivity index (χ1n) is 6.56. The van der Waals surface area contributed by atoms with Crippen LogP contribution in [0.1, 0.15) is 38.7 Å². The van der Waals surface area contributed by atoms with Crippen molar-refractivity contribution in [2.24, 2.45) is 0 Å². The molecule has 2 N–H and O–H groups in total. The molecule has 1 unspecified atom stereocenters. The summed E-state index contributed by atoms with van der Waals surface area (Å²) in [5.74, 6) is -1.03. The van der Waals surface area contributed by atoms with Crippen LogP contribution < -0.4 is 5.32 Å². The second kappa shape index (κ2) is 6.92. The Hall–Kier alpha value is -1.84. The van der Waals surface area contributed by atoms with E-state index in [1.807, 2.05) is 13.0 Å². The minimum Gasteiger partial charge on any atom is -0.481 e. The van der Waals surface area contributed by atoms with E-state index in [4.69, 9.17) is 0 Å². The van der Waals surface area contributed by atoms with Crippen molar-refractivity contribution in [2.75, 3.05) is 6.54 Å². The van der Waals surface area contributed by atoms with Crippen molar-refractivity contribution in [2.45, 2.75) is 38.5 Å². The van der Waals surface area contributed by atoms with Crippen molar-refractivity contribution in [1.29, 1.82) is 0 Å². The lowest BCUT2D eigenvalue weighted by atomic mass is 9.82. The first-order chi connectivity index (χ1) is 9.00. The van der Waals surface area contributed by atoms with E-state index < -0.39 is 11.4 Å². The van der Waals surface area contributed by atoms with E-state index in [9.17, 15) is 14.7 Å². The van der Waals surface area contributed by atoms with Gasteiger partial charge >= 0.3 is 5.97 Å². The summed E-state index contributed by atoms with van der Waals surface area (Å²) in [7, 11) is 0. The highest BCUT2D eigenvalue weighted by molar-refractivity contribution is 5.83. The van der Waals surface area contributed by atoms with Gasteiger partial charge in [-0.3, -0.25) is 9.59 Å². The summed E-state index contributed by atoms with van der Waals surface area (Å²) in [6, 6.07) is 8.98. The Morgan fingerprint density at radius 3 is 2.42 bits per heavy atom. The zero-order valence-corrected chi connectivity index (χ0v) is 11.5. The summed E-state index contributed by atoms with van der Waals surface area (Å²) in [6.07, 6.45) is 2.21. The average Bonchev–Trinajstić information content (AvgIpc) is 2.43. The predicted molar refractivity (Wildman–Crippen MR) is 74.0 cm³/mol. The molecule has 0 heterocycles. The Bertz CT molecular complexity index is 430. The third-order valence-corrected chi connectivity index (χ3v) is 3.28. The first kappa shape index (κ1) is 15.2. The van der Waals surface area contributed by atoms with Crippen LogP contribution in [0.2, 0.25) is 0 Å². The van der Waals surface area contributed by atoms with Crippen molar-refractivity contribution < 1.29 is 14.7 Å². The van der Waals surface area contributed by atoms with Gasteiger partial charge in [-0.05, 0) is 18.9 Å². The largest absolute Gasteiger partial charge is 0.481 e. The zero-order chi connectivity index (χ0) is 14.3. The van der Waals surface area contributed by atoms with Crippen LogP contribution in [0.5, 0.6) is 0 Å². The Labute approximate surface area is 113 Å². The summed E-state index contributed by atoms with van der Waals surface area (Å²) in [6.45, 7) is 3.75. The Balaban J connectivity index is 2.74. The maximum Gasteiger partial charge on any atom is 0.315 e. The Morgan fingerprint density at radius 1 is 1.26 bits per heavy atom. The molecule has 0 saturated heterocycles. The molecule has 0 fully saturated rings. The fraction of sp³-hybridized carbons (Fsp3) is 0.467. The van der Waals surface area contributed by atoms with Crippen LogP contribution >= 0.6 is 0 Å². The van der Waals surface area contributed by atoms with Gasteiger partial charge in [0.15, 0.2) is 0 Å². The standard InChI is InChI=1S/C15H21NO3/c1-3-4-10-13(17)16-11-15(2,14(18)19)12-8-6-5-7-9-12/h5-9H,3-4,10-11H2,1-2H3,(H,16,17)(H,18,19). The molecule has 0 bridgehead atoms. The molecule has 0 saturated carbocycles. The fourth-order valence-corrected chi connectivity index (χ4v) is 1.81. The molecule has 104 valence electrons. The van der Waals surface area contributed by atoms with Gasteiger partial charge in [0.25, 0.3) is 0 Å². The maximum absolute atomic E-state index is 11.6. The number of rotatable bonds is 7. The number of carboxylic acid groups (broad SMARTS) is 1. The van der Waals surface area contributed by atoms with E-state index in [1.165, 1.54) is 0 Å². The van der Waals surface area contributed by atoms with E-state index in [2.05, 4.69) is 5.32 Å². The number of aliphatic carboxylic acids is 1.